The van der Waals surface area contributed by atoms with Crippen molar-refractivity contribution >= 4 is 29.5 Å². The minimum Gasteiger partial charge on any atom is -0.477 e. The first-order valence-corrected chi connectivity index (χ1v) is 10.3. The van der Waals surface area contributed by atoms with Gasteiger partial charge in [-0.2, -0.15) is 0 Å². The lowest BCUT2D eigenvalue weighted by Gasteiger charge is -2.46. The van der Waals surface area contributed by atoms with Gasteiger partial charge in [-0.15, -0.1) is 11.8 Å². The lowest BCUT2D eigenvalue weighted by atomic mass is 9.79. The highest BCUT2D eigenvalue weighted by molar-refractivity contribution is 8.03. The maximum absolute atomic E-state index is 12.4. The number of hydrogen-bond acceptors (Lipinski definition) is 7. The third-order valence-electron chi connectivity index (χ3n) is 5.80. The minimum absolute atomic E-state index is 0.00192. The van der Waals surface area contributed by atoms with Crippen LogP contribution in [-0.4, -0.2) is 93.1 Å². The standard InChI is InChI=1S/C18H27N3O6S/c1-8-13-12(9(2)23)17(25)21(13)14(18(26)27)15(8)28-10-6-11(19-7-10)16(24)20(3)4-5-22/h8-13,19,22-23H,4-7H2,1-3H3,(H,26,27)/t8?,9?,10?,11?,12?,13-/m1/s1. The second-order valence-corrected chi connectivity index (χ2v) is 9.03. The van der Waals surface area contributed by atoms with Crippen LogP contribution in [0, 0.1) is 11.8 Å². The molecule has 0 aromatic carbocycles. The largest absolute Gasteiger partial charge is 0.477 e. The molecule has 0 aliphatic carbocycles. The number of thioether (sulfide) groups is 1. The Balaban J connectivity index is 1.73. The Labute approximate surface area is 167 Å². The summed E-state index contributed by atoms with van der Waals surface area (Å²) in [7, 11) is 1.64. The lowest BCUT2D eigenvalue weighted by Crippen LogP contribution is -2.63. The summed E-state index contributed by atoms with van der Waals surface area (Å²) < 4.78 is 0. The second kappa shape index (κ2) is 8.02. The van der Waals surface area contributed by atoms with Gasteiger partial charge < -0.3 is 30.4 Å². The number of carboxylic acid groups (broad SMARTS) is 1. The van der Waals surface area contributed by atoms with E-state index in [9.17, 15) is 24.6 Å². The Kier molecular flexibility index (Phi) is 6.04. The van der Waals surface area contributed by atoms with Crippen molar-refractivity contribution < 1.29 is 29.7 Å². The van der Waals surface area contributed by atoms with E-state index in [0.717, 1.165) is 0 Å². The number of nitrogens with zero attached hydrogens (tertiary/aromatic N) is 2. The van der Waals surface area contributed by atoms with Crippen LogP contribution >= 0.6 is 11.8 Å². The Bertz CT molecular complexity index is 711. The van der Waals surface area contributed by atoms with Crippen molar-refractivity contribution in [3.05, 3.63) is 10.6 Å². The highest BCUT2D eigenvalue weighted by atomic mass is 32.2. The van der Waals surface area contributed by atoms with Crippen LogP contribution in [0.3, 0.4) is 0 Å². The second-order valence-electron chi connectivity index (χ2n) is 7.69. The molecule has 28 heavy (non-hydrogen) atoms. The Morgan fingerprint density at radius 1 is 1.43 bits per heavy atom. The number of carbonyl (C=O) groups is 3. The van der Waals surface area contributed by atoms with Crippen molar-refractivity contribution in [3.8, 4) is 0 Å². The number of rotatable bonds is 7. The van der Waals surface area contributed by atoms with Crippen molar-refractivity contribution in [1.82, 2.24) is 15.1 Å². The average Bonchev–Trinajstić information content (AvgIpc) is 3.17. The summed E-state index contributed by atoms with van der Waals surface area (Å²) in [6.45, 7) is 4.15. The molecule has 9 nitrogen and oxygen atoms in total. The molecule has 2 amide bonds. The van der Waals surface area contributed by atoms with Crippen LogP contribution in [0.1, 0.15) is 20.3 Å². The predicted molar refractivity (Wildman–Crippen MR) is 102 cm³/mol. The van der Waals surface area contributed by atoms with Gasteiger partial charge in [-0.05, 0) is 13.3 Å². The molecule has 5 unspecified atom stereocenters. The van der Waals surface area contributed by atoms with Crippen LogP contribution in [0.25, 0.3) is 0 Å². The molecule has 0 radical (unpaired) electrons. The fourth-order valence-electron chi connectivity index (χ4n) is 4.37. The van der Waals surface area contributed by atoms with E-state index in [2.05, 4.69) is 5.32 Å². The van der Waals surface area contributed by atoms with Gasteiger partial charge >= 0.3 is 5.97 Å². The van der Waals surface area contributed by atoms with E-state index >= 15 is 0 Å². The number of β-lactam (4-membered cyclic amide) rings is 1. The van der Waals surface area contributed by atoms with E-state index < -0.39 is 18.0 Å². The molecule has 10 heteroatoms. The van der Waals surface area contributed by atoms with Gasteiger partial charge in [0.1, 0.15) is 5.70 Å². The average molecular weight is 413 g/mol. The van der Waals surface area contributed by atoms with Crippen molar-refractivity contribution in [3.63, 3.8) is 0 Å². The number of carbonyl (C=O) groups excluding carboxylic acids is 2. The summed E-state index contributed by atoms with van der Waals surface area (Å²) >= 11 is 1.41. The highest BCUT2D eigenvalue weighted by Crippen LogP contribution is 2.51. The molecule has 4 N–H and O–H groups in total. The smallest absolute Gasteiger partial charge is 0.353 e. The van der Waals surface area contributed by atoms with E-state index in [1.807, 2.05) is 6.92 Å². The summed E-state index contributed by atoms with van der Waals surface area (Å²) in [6.07, 6.45) is -0.284. The van der Waals surface area contributed by atoms with Gasteiger partial charge in [0.2, 0.25) is 11.8 Å². The maximum Gasteiger partial charge on any atom is 0.353 e. The van der Waals surface area contributed by atoms with E-state index in [1.165, 1.54) is 21.6 Å². The maximum atomic E-state index is 12.4. The first-order chi connectivity index (χ1) is 13.2. The fourth-order valence-corrected chi connectivity index (χ4v) is 5.84. The third kappa shape index (κ3) is 3.42. The molecule has 0 spiro atoms. The van der Waals surface area contributed by atoms with Crippen LogP contribution in [0.4, 0.5) is 0 Å². The van der Waals surface area contributed by atoms with Gasteiger partial charge in [0.15, 0.2) is 0 Å². The van der Waals surface area contributed by atoms with E-state index in [-0.39, 0.29) is 53.9 Å². The molecule has 0 bridgehead atoms. The van der Waals surface area contributed by atoms with Gasteiger partial charge in [0.25, 0.3) is 0 Å². The topological polar surface area (TPSA) is 130 Å². The number of likely N-dealkylation sites (N-methyl/N-ethyl adjacent to an activating group) is 1. The molecule has 3 aliphatic rings. The zero-order chi connectivity index (χ0) is 20.7. The predicted octanol–water partition coefficient (Wildman–Crippen LogP) is -0.945. The van der Waals surface area contributed by atoms with Crippen molar-refractivity contribution in [2.75, 3.05) is 26.7 Å². The lowest BCUT2D eigenvalue weighted by molar-refractivity contribution is -0.163. The Hall–Kier alpha value is -1.62. The molecule has 0 aromatic rings. The number of amides is 2. The van der Waals surface area contributed by atoms with Crippen LogP contribution in [0.2, 0.25) is 0 Å². The number of aliphatic hydroxyl groups is 2. The first-order valence-electron chi connectivity index (χ1n) is 9.43. The molecule has 156 valence electrons. The molecule has 6 atom stereocenters. The minimum atomic E-state index is -1.14. The number of nitrogens with one attached hydrogen (secondary N) is 1. The Morgan fingerprint density at radius 2 is 2.11 bits per heavy atom. The van der Waals surface area contributed by atoms with Crippen molar-refractivity contribution in [2.24, 2.45) is 11.8 Å². The van der Waals surface area contributed by atoms with Crippen molar-refractivity contribution in [2.45, 2.75) is 43.7 Å². The van der Waals surface area contributed by atoms with Crippen molar-refractivity contribution in [1.29, 1.82) is 0 Å². The number of aliphatic carboxylic acids is 1. The number of hydrogen-bond donors (Lipinski definition) is 4. The zero-order valence-corrected chi connectivity index (χ0v) is 17.0. The molecule has 3 aliphatic heterocycles. The van der Waals surface area contributed by atoms with Gasteiger partial charge in [-0.25, -0.2) is 4.79 Å². The zero-order valence-electron chi connectivity index (χ0n) is 16.2. The molecular weight excluding hydrogens is 386 g/mol. The third-order valence-corrected chi connectivity index (χ3v) is 7.32. The van der Waals surface area contributed by atoms with Gasteiger partial charge in [0, 0.05) is 36.2 Å². The van der Waals surface area contributed by atoms with Gasteiger partial charge in [-0.3, -0.25) is 9.59 Å². The highest BCUT2D eigenvalue weighted by Gasteiger charge is 2.60. The monoisotopic (exact) mass is 413 g/mol. The summed E-state index contributed by atoms with van der Waals surface area (Å²) in [6, 6.07) is -0.702. The van der Waals surface area contributed by atoms with Gasteiger partial charge in [0.05, 0.1) is 30.7 Å². The number of fused-ring (bicyclic) bond motifs is 1. The molecule has 0 aromatic heterocycles. The van der Waals surface area contributed by atoms with E-state index in [1.54, 1.807) is 14.0 Å². The first kappa shape index (κ1) is 21.1. The van der Waals surface area contributed by atoms with Crippen LogP contribution in [-0.2, 0) is 14.4 Å². The van der Waals surface area contributed by atoms with E-state index in [4.69, 9.17) is 5.11 Å². The van der Waals surface area contributed by atoms with Crippen LogP contribution in [0.5, 0.6) is 0 Å². The number of carboxylic acids is 1. The van der Waals surface area contributed by atoms with Crippen LogP contribution in [0.15, 0.2) is 10.6 Å². The molecule has 2 fully saturated rings. The Morgan fingerprint density at radius 3 is 2.68 bits per heavy atom. The molecule has 0 saturated carbocycles. The summed E-state index contributed by atoms with van der Waals surface area (Å²) in [4.78, 5) is 40.0. The molecule has 2 saturated heterocycles. The normalized spacial score (nSPS) is 33.0. The molecule has 3 rings (SSSR count). The number of aliphatic hydroxyl groups excluding tert-OH is 2. The quantitative estimate of drug-likeness (QED) is 0.393. The summed E-state index contributed by atoms with van der Waals surface area (Å²) in [5, 5.41) is 31.7. The van der Waals surface area contributed by atoms with Crippen LogP contribution < -0.4 is 5.32 Å². The summed E-state index contributed by atoms with van der Waals surface area (Å²) in [5.41, 5.74) is 0.0107. The SMILES string of the molecule is CC(O)C1C(=O)N2C(C(=O)O)=C(SC3CNC(C(=O)N(C)CCO)C3)C(C)[C@H]12. The van der Waals surface area contributed by atoms with Gasteiger partial charge in [-0.1, -0.05) is 6.92 Å². The fraction of sp³-hybridized carbons (Fsp3) is 0.722. The van der Waals surface area contributed by atoms with E-state index in [0.29, 0.717) is 17.9 Å². The summed E-state index contributed by atoms with van der Waals surface area (Å²) in [5.74, 6) is -2.35. The molecular formula is C18H27N3O6S. The molecule has 3 heterocycles.